The van der Waals surface area contributed by atoms with Gasteiger partial charge in [-0.05, 0) is 43.3 Å². The molecule has 1 saturated heterocycles. The maximum absolute atomic E-state index is 12.7. The third kappa shape index (κ3) is 4.98. The number of carbonyl (C=O) groups is 1. The van der Waals surface area contributed by atoms with Gasteiger partial charge in [-0.25, -0.2) is 9.97 Å². The summed E-state index contributed by atoms with van der Waals surface area (Å²) < 4.78 is 5.31. The standard InChI is InChI=1S/C22H22N6O4/c1-15-12-21(24-14-23-15)25-17-3-5-18(6-4-17)26-22(29)16-2-7-19(20(13-16)28(30)31)27-8-10-32-11-9-27/h2-7,12-14H,8-11H2,1H3,(H,26,29)(H,23,24,25). The lowest BCUT2D eigenvalue weighted by Crippen LogP contribution is -2.36. The Bertz CT molecular complexity index is 1130. The molecule has 0 atom stereocenters. The van der Waals surface area contributed by atoms with Crippen LogP contribution in [0, 0.1) is 17.0 Å². The average Bonchev–Trinajstić information content (AvgIpc) is 2.80. The zero-order valence-corrected chi connectivity index (χ0v) is 17.4. The number of ether oxygens (including phenoxy) is 1. The van der Waals surface area contributed by atoms with E-state index in [2.05, 4.69) is 20.6 Å². The molecule has 0 saturated carbocycles. The second-order valence-electron chi connectivity index (χ2n) is 7.26. The van der Waals surface area contributed by atoms with Crippen LogP contribution in [0.2, 0.25) is 0 Å². The van der Waals surface area contributed by atoms with Crippen molar-refractivity contribution in [3.63, 3.8) is 0 Å². The number of amides is 1. The minimum absolute atomic E-state index is 0.0979. The van der Waals surface area contributed by atoms with Gasteiger partial charge in [0.05, 0.1) is 18.1 Å². The quantitative estimate of drug-likeness (QED) is 0.446. The van der Waals surface area contributed by atoms with E-state index in [9.17, 15) is 14.9 Å². The zero-order chi connectivity index (χ0) is 22.5. The predicted octanol–water partition coefficient (Wildman–Crippen LogP) is 3.53. The van der Waals surface area contributed by atoms with Crippen LogP contribution >= 0.6 is 0 Å². The number of nitrogens with zero attached hydrogens (tertiary/aromatic N) is 4. The molecule has 0 radical (unpaired) electrons. The maximum Gasteiger partial charge on any atom is 0.293 e. The van der Waals surface area contributed by atoms with Crippen LogP contribution in [0.25, 0.3) is 0 Å². The molecule has 1 amide bonds. The van der Waals surface area contributed by atoms with Crippen molar-refractivity contribution in [1.82, 2.24) is 9.97 Å². The van der Waals surface area contributed by atoms with Crippen molar-refractivity contribution in [1.29, 1.82) is 0 Å². The fourth-order valence-corrected chi connectivity index (χ4v) is 3.39. The minimum atomic E-state index is -0.461. The van der Waals surface area contributed by atoms with Crippen molar-refractivity contribution in [2.45, 2.75) is 6.92 Å². The average molecular weight is 434 g/mol. The lowest BCUT2D eigenvalue weighted by molar-refractivity contribution is -0.384. The van der Waals surface area contributed by atoms with Gasteiger partial charge in [0, 0.05) is 47.9 Å². The van der Waals surface area contributed by atoms with Crippen LogP contribution in [0.5, 0.6) is 0 Å². The summed E-state index contributed by atoms with van der Waals surface area (Å²) in [5.41, 5.74) is 2.82. The number of anilines is 4. The van der Waals surface area contributed by atoms with Gasteiger partial charge >= 0.3 is 0 Å². The Hall–Kier alpha value is -4.05. The Morgan fingerprint density at radius 2 is 1.78 bits per heavy atom. The van der Waals surface area contributed by atoms with Gasteiger partial charge in [0.1, 0.15) is 17.8 Å². The van der Waals surface area contributed by atoms with Crippen molar-refractivity contribution >= 4 is 34.5 Å². The van der Waals surface area contributed by atoms with Gasteiger partial charge in [-0.1, -0.05) is 0 Å². The van der Waals surface area contributed by atoms with Crippen LogP contribution in [0.1, 0.15) is 16.1 Å². The highest BCUT2D eigenvalue weighted by atomic mass is 16.6. The van der Waals surface area contributed by atoms with Crippen molar-refractivity contribution in [3.8, 4) is 0 Å². The SMILES string of the molecule is Cc1cc(Nc2ccc(NC(=O)c3ccc(N4CCOCC4)c([N+](=O)[O-])c3)cc2)ncn1. The van der Waals surface area contributed by atoms with Gasteiger partial charge in [0.15, 0.2) is 0 Å². The van der Waals surface area contributed by atoms with E-state index in [1.165, 1.54) is 12.4 Å². The molecule has 10 heteroatoms. The fourth-order valence-electron chi connectivity index (χ4n) is 3.39. The lowest BCUT2D eigenvalue weighted by Gasteiger charge is -2.28. The van der Waals surface area contributed by atoms with Crippen LogP contribution in [-0.4, -0.2) is 47.1 Å². The number of nitrogens with one attached hydrogen (secondary N) is 2. The first kappa shape index (κ1) is 21.2. The maximum atomic E-state index is 12.7. The van der Waals surface area contributed by atoms with Gasteiger partial charge in [0.25, 0.3) is 11.6 Å². The normalized spacial score (nSPS) is 13.5. The van der Waals surface area contributed by atoms with Gasteiger partial charge in [0.2, 0.25) is 0 Å². The predicted molar refractivity (Wildman–Crippen MR) is 121 cm³/mol. The molecule has 3 aromatic rings. The zero-order valence-electron chi connectivity index (χ0n) is 17.4. The van der Waals surface area contributed by atoms with Gasteiger partial charge < -0.3 is 20.3 Å². The summed E-state index contributed by atoms with van der Waals surface area (Å²) in [6.45, 7) is 4.05. The molecule has 0 aliphatic carbocycles. The highest BCUT2D eigenvalue weighted by Crippen LogP contribution is 2.30. The number of aryl methyl sites for hydroxylation is 1. The molecule has 1 fully saturated rings. The Morgan fingerprint density at radius 1 is 1.06 bits per heavy atom. The number of morpholine rings is 1. The molecule has 164 valence electrons. The van der Waals surface area contributed by atoms with Gasteiger partial charge in [-0.2, -0.15) is 0 Å². The minimum Gasteiger partial charge on any atom is -0.378 e. The van der Waals surface area contributed by atoms with E-state index in [4.69, 9.17) is 4.74 Å². The van der Waals surface area contributed by atoms with E-state index in [1.807, 2.05) is 17.9 Å². The summed E-state index contributed by atoms with van der Waals surface area (Å²) in [7, 11) is 0. The first-order chi connectivity index (χ1) is 15.5. The highest BCUT2D eigenvalue weighted by molar-refractivity contribution is 6.05. The summed E-state index contributed by atoms with van der Waals surface area (Å²) in [5, 5.41) is 17.5. The highest BCUT2D eigenvalue weighted by Gasteiger charge is 2.23. The number of nitro benzene ring substituents is 1. The van der Waals surface area contributed by atoms with Crippen LogP contribution in [0.4, 0.5) is 28.6 Å². The lowest BCUT2D eigenvalue weighted by atomic mass is 10.1. The topological polar surface area (TPSA) is 123 Å². The van der Waals surface area contributed by atoms with Crippen LogP contribution in [0.15, 0.2) is 54.9 Å². The van der Waals surface area contributed by atoms with E-state index in [0.717, 1.165) is 11.4 Å². The Morgan fingerprint density at radius 3 is 2.47 bits per heavy atom. The molecule has 32 heavy (non-hydrogen) atoms. The van der Waals surface area contributed by atoms with E-state index < -0.39 is 10.8 Å². The van der Waals surface area contributed by atoms with Gasteiger partial charge in [-0.15, -0.1) is 0 Å². The molecule has 1 aromatic heterocycles. The third-order valence-corrected chi connectivity index (χ3v) is 5.01. The number of hydrogen-bond donors (Lipinski definition) is 2. The van der Waals surface area contributed by atoms with E-state index in [1.54, 1.807) is 36.4 Å². The summed E-state index contributed by atoms with van der Waals surface area (Å²) in [6.07, 6.45) is 1.48. The molecule has 1 aliphatic heterocycles. The van der Waals surface area contributed by atoms with E-state index in [-0.39, 0.29) is 11.3 Å². The van der Waals surface area contributed by atoms with Crippen molar-refractivity contribution in [3.05, 3.63) is 76.2 Å². The molecule has 0 unspecified atom stereocenters. The second-order valence-corrected chi connectivity index (χ2v) is 7.26. The molecular formula is C22H22N6O4. The first-order valence-corrected chi connectivity index (χ1v) is 10.1. The molecule has 0 spiro atoms. The first-order valence-electron chi connectivity index (χ1n) is 10.1. The Labute approximate surface area is 184 Å². The molecule has 4 rings (SSSR count). The summed E-state index contributed by atoms with van der Waals surface area (Å²) in [5.74, 6) is 0.246. The van der Waals surface area contributed by atoms with Crippen molar-refractivity contribution in [2.24, 2.45) is 0 Å². The molecule has 10 nitrogen and oxygen atoms in total. The van der Waals surface area contributed by atoms with E-state index in [0.29, 0.717) is 43.5 Å². The molecule has 2 N–H and O–H groups in total. The van der Waals surface area contributed by atoms with Crippen molar-refractivity contribution in [2.75, 3.05) is 41.8 Å². The number of carbonyl (C=O) groups excluding carboxylic acids is 1. The van der Waals surface area contributed by atoms with E-state index >= 15 is 0 Å². The Balaban J connectivity index is 1.46. The second kappa shape index (κ2) is 9.40. The molecule has 1 aliphatic rings. The number of benzene rings is 2. The molecule has 2 heterocycles. The number of nitro groups is 1. The summed E-state index contributed by atoms with van der Waals surface area (Å²) in [4.78, 5) is 33.9. The molecule has 0 bridgehead atoms. The van der Waals surface area contributed by atoms with Crippen molar-refractivity contribution < 1.29 is 14.5 Å². The number of aromatic nitrogens is 2. The fraction of sp³-hybridized carbons (Fsp3) is 0.227. The summed E-state index contributed by atoms with van der Waals surface area (Å²) in [6, 6.07) is 13.4. The van der Waals surface area contributed by atoms with Crippen LogP contribution < -0.4 is 15.5 Å². The number of rotatable bonds is 6. The van der Waals surface area contributed by atoms with Crippen LogP contribution in [0.3, 0.4) is 0 Å². The largest absolute Gasteiger partial charge is 0.378 e. The Kier molecular flexibility index (Phi) is 6.22. The molecule has 2 aromatic carbocycles. The smallest absolute Gasteiger partial charge is 0.293 e. The third-order valence-electron chi connectivity index (χ3n) is 5.01. The van der Waals surface area contributed by atoms with Gasteiger partial charge in [-0.3, -0.25) is 14.9 Å². The van der Waals surface area contributed by atoms with Crippen LogP contribution in [-0.2, 0) is 4.74 Å². The number of hydrogen-bond acceptors (Lipinski definition) is 8. The summed E-state index contributed by atoms with van der Waals surface area (Å²) >= 11 is 0. The molecular weight excluding hydrogens is 412 g/mol. The monoisotopic (exact) mass is 434 g/mol.